The van der Waals surface area contributed by atoms with Crippen LogP contribution in [0.15, 0.2) is 60.3 Å². The summed E-state index contributed by atoms with van der Waals surface area (Å²) in [5.41, 5.74) is 2.80. The molecule has 0 aromatic heterocycles. The molecule has 2 N–H and O–H groups in total. The number of benzene rings is 2. The Balaban J connectivity index is 2.28. The van der Waals surface area contributed by atoms with Gasteiger partial charge in [-0.05, 0) is 36.3 Å². The molecular weight excluding hydrogens is 276 g/mol. The molecule has 112 valence electrons. The molecule has 2 amide bonds. The maximum atomic E-state index is 12.4. The number of rotatable bonds is 4. The summed E-state index contributed by atoms with van der Waals surface area (Å²) in [6.45, 7) is 3.33. The number of amides is 2. The van der Waals surface area contributed by atoms with Crippen LogP contribution < -0.4 is 10.6 Å². The third-order valence-corrected chi connectivity index (χ3v) is 3.08. The number of nitrogens with one attached hydrogen (secondary N) is 2. The maximum absolute atomic E-state index is 12.4. The van der Waals surface area contributed by atoms with Gasteiger partial charge in [-0.15, -0.1) is 0 Å². The van der Waals surface area contributed by atoms with Crippen LogP contribution in [0.2, 0.25) is 0 Å². The van der Waals surface area contributed by atoms with Crippen molar-refractivity contribution in [3.63, 3.8) is 0 Å². The second-order valence-electron chi connectivity index (χ2n) is 4.92. The third-order valence-electron chi connectivity index (χ3n) is 3.08. The van der Waals surface area contributed by atoms with E-state index in [-0.39, 0.29) is 17.5 Å². The second-order valence-corrected chi connectivity index (χ2v) is 4.92. The van der Waals surface area contributed by atoms with Gasteiger partial charge in [0.2, 0.25) is 5.91 Å². The second kappa shape index (κ2) is 7.22. The zero-order chi connectivity index (χ0) is 15.9. The van der Waals surface area contributed by atoms with E-state index in [0.717, 1.165) is 11.1 Å². The van der Waals surface area contributed by atoms with Gasteiger partial charge in [-0.1, -0.05) is 42.5 Å². The van der Waals surface area contributed by atoms with Crippen molar-refractivity contribution in [1.29, 1.82) is 0 Å². The lowest BCUT2D eigenvalue weighted by atomic mass is 10.1. The van der Waals surface area contributed by atoms with Gasteiger partial charge in [-0.2, -0.15) is 0 Å². The van der Waals surface area contributed by atoms with Crippen molar-refractivity contribution in [3.05, 3.63) is 71.4 Å². The lowest BCUT2D eigenvalue weighted by molar-refractivity contribution is -0.120. The standard InChI is InChI=1S/C18H18N2O2/c1-13-8-6-7-9-15(13)12-17(19-14(2)21)18(22)20-16-10-4-3-5-11-16/h3-12H,1-2H3,(H,19,21)(H,20,22). The summed E-state index contributed by atoms with van der Waals surface area (Å²) < 4.78 is 0. The predicted molar refractivity (Wildman–Crippen MR) is 88.0 cm³/mol. The molecule has 0 heterocycles. The molecule has 0 bridgehead atoms. The maximum Gasteiger partial charge on any atom is 0.272 e. The van der Waals surface area contributed by atoms with Crippen LogP contribution in [0.5, 0.6) is 0 Å². The van der Waals surface area contributed by atoms with Crippen molar-refractivity contribution in [3.8, 4) is 0 Å². The molecule has 2 rings (SSSR count). The van der Waals surface area contributed by atoms with E-state index in [9.17, 15) is 9.59 Å². The number of para-hydroxylation sites is 1. The summed E-state index contributed by atoms with van der Waals surface area (Å²) in [6.07, 6.45) is 1.68. The molecular formula is C18H18N2O2. The fourth-order valence-corrected chi connectivity index (χ4v) is 1.97. The van der Waals surface area contributed by atoms with Gasteiger partial charge in [-0.3, -0.25) is 9.59 Å². The number of carbonyl (C=O) groups is 2. The van der Waals surface area contributed by atoms with Crippen molar-refractivity contribution >= 4 is 23.6 Å². The van der Waals surface area contributed by atoms with Gasteiger partial charge < -0.3 is 10.6 Å². The Bertz CT molecular complexity index is 706. The molecule has 0 fully saturated rings. The van der Waals surface area contributed by atoms with Crippen molar-refractivity contribution in [2.24, 2.45) is 0 Å². The van der Waals surface area contributed by atoms with Crippen LogP contribution in [-0.4, -0.2) is 11.8 Å². The number of anilines is 1. The summed E-state index contributed by atoms with van der Waals surface area (Å²) >= 11 is 0. The van der Waals surface area contributed by atoms with Crippen molar-refractivity contribution < 1.29 is 9.59 Å². The average Bonchev–Trinajstić information content (AvgIpc) is 2.49. The molecule has 0 spiro atoms. The number of hydrogen-bond acceptors (Lipinski definition) is 2. The van der Waals surface area contributed by atoms with Gasteiger partial charge in [0.1, 0.15) is 5.70 Å². The molecule has 4 heteroatoms. The van der Waals surface area contributed by atoms with Crippen LogP contribution in [0, 0.1) is 6.92 Å². The first-order valence-corrected chi connectivity index (χ1v) is 6.97. The van der Waals surface area contributed by atoms with Gasteiger partial charge in [0.15, 0.2) is 0 Å². The van der Waals surface area contributed by atoms with Crippen LogP contribution in [0.25, 0.3) is 6.08 Å². The largest absolute Gasteiger partial charge is 0.322 e. The topological polar surface area (TPSA) is 58.2 Å². The molecule has 0 atom stereocenters. The molecule has 2 aromatic carbocycles. The highest BCUT2D eigenvalue weighted by atomic mass is 16.2. The molecule has 2 aromatic rings. The van der Waals surface area contributed by atoms with Gasteiger partial charge in [0.05, 0.1) is 0 Å². The summed E-state index contributed by atoms with van der Waals surface area (Å²) in [4.78, 5) is 23.7. The van der Waals surface area contributed by atoms with Gasteiger partial charge in [0.25, 0.3) is 5.91 Å². The molecule has 0 radical (unpaired) electrons. The minimum atomic E-state index is -0.357. The monoisotopic (exact) mass is 294 g/mol. The summed E-state index contributed by atoms with van der Waals surface area (Å²) in [7, 11) is 0. The van der Waals surface area contributed by atoms with Crippen LogP contribution >= 0.6 is 0 Å². The van der Waals surface area contributed by atoms with E-state index in [4.69, 9.17) is 0 Å². The van der Waals surface area contributed by atoms with Gasteiger partial charge in [-0.25, -0.2) is 0 Å². The zero-order valence-corrected chi connectivity index (χ0v) is 12.6. The van der Waals surface area contributed by atoms with Crippen LogP contribution in [0.4, 0.5) is 5.69 Å². The highest BCUT2D eigenvalue weighted by Gasteiger charge is 2.12. The van der Waals surface area contributed by atoms with E-state index in [2.05, 4.69) is 10.6 Å². The minimum Gasteiger partial charge on any atom is -0.322 e. The van der Waals surface area contributed by atoms with Crippen molar-refractivity contribution in [1.82, 2.24) is 5.32 Å². The molecule has 0 saturated carbocycles. The Hall–Kier alpha value is -2.88. The molecule has 0 aliphatic heterocycles. The Morgan fingerprint density at radius 1 is 0.955 bits per heavy atom. The highest BCUT2D eigenvalue weighted by Crippen LogP contribution is 2.13. The summed E-state index contributed by atoms with van der Waals surface area (Å²) in [5.74, 6) is -0.646. The van der Waals surface area contributed by atoms with Crippen molar-refractivity contribution in [2.45, 2.75) is 13.8 Å². The van der Waals surface area contributed by atoms with Crippen molar-refractivity contribution in [2.75, 3.05) is 5.32 Å². The number of hydrogen-bond donors (Lipinski definition) is 2. The molecule has 22 heavy (non-hydrogen) atoms. The highest BCUT2D eigenvalue weighted by molar-refractivity contribution is 6.08. The number of aryl methyl sites for hydroxylation is 1. The Labute approximate surface area is 129 Å². The smallest absolute Gasteiger partial charge is 0.272 e. The Kier molecular flexibility index (Phi) is 5.09. The first-order valence-electron chi connectivity index (χ1n) is 6.97. The van der Waals surface area contributed by atoms with E-state index in [0.29, 0.717) is 5.69 Å². The molecule has 0 aliphatic rings. The molecule has 0 saturated heterocycles. The predicted octanol–water partition coefficient (Wildman–Crippen LogP) is 3.11. The minimum absolute atomic E-state index is 0.214. The fraction of sp³-hybridized carbons (Fsp3) is 0.111. The molecule has 0 aliphatic carbocycles. The van der Waals surface area contributed by atoms with E-state index in [1.54, 1.807) is 18.2 Å². The molecule has 4 nitrogen and oxygen atoms in total. The lowest BCUT2D eigenvalue weighted by Crippen LogP contribution is -2.29. The summed E-state index contributed by atoms with van der Waals surface area (Å²) in [5, 5.41) is 5.35. The first kappa shape index (κ1) is 15.5. The van der Waals surface area contributed by atoms with Crippen LogP contribution in [0.1, 0.15) is 18.1 Å². The van der Waals surface area contributed by atoms with E-state index in [1.807, 2.05) is 49.4 Å². The van der Waals surface area contributed by atoms with Crippen LogP contribution in [-0.2, 0) is 9.59 Å². The van der Waals surface area contributed by atoms with Gasteiger partial charge in [0, 0.05) is 12.6 Å². The van der Waals surface area contributed by atoms with E-state index < -0.39 is 0 Å². The SMILES string of the molecule is CC(=O)NC(=Cc1ccccc1C)C(=O)Nc1ccccc1. The van der Waals surface area contributed by atoms with E-state index >= 15 is 0 Å². The molecule has 0 unspecified atom stereocenters. The van der Waals surface area contributed by atoms with E-state index in [1.165, 1.54) is 6.92 Å². The Morgan fingerprint density at radius 3 is 2.23 bits per heavy atom. The third kappa shape index (κ3) is 4.31. The summed E-state index contributed by atoms with van der Waals surface area (Å²) in [6, 6.07) is 16.8. The normalized spacial score (nSPS) is 10.9. The number of carbonyl (C=O) groups excluding carboxylic acids is 2. The fourth-order valence-electron chi connectivity index (χ4n) is 1.97. The lowest BCUT2D eigenvalue weighted by Gasteiger charge is -2.10. The van der Waals surface area contributed by atoms with Gasteiger partial charge >= 0.3 is 0 Å². The zero-order valence-electron chi connectivity index (χ0n) is 12.6. The quantitative estimate of drug-likeness (QED) is 0.851. The Morgan fingerprint density at radius 2 is 1.59 bits per heavy atom. The first-order chi connectivity index (χ1) is 10.6. The average molecular weight is 294 g/mol. The van der Waals surface area contributed by atoms with Crippen LogP contribution in [0.3, 0.4) is 0 Å².